The molecule has 0 atom stereocenters. The number of rotatable bonds is 4. The second-order valence-electron chi connectivity index (χ2n) is 8.22. The highest BCUT2D eigenvalue weighted by molar-refractivity contribution is 5.87. The van der Waals surface area contributed by atoms with E-state index in [1.54, 1.807) is 6.33 Å². The SMILES string of the molecule is c1ccc(-c2ccc(-c3ncnc(-c4ccc(-c5ccc6ccccc6c5)cc4)n3)cc2)cc1. The largest absolute Gasteiger partial charge is 0.217 e. The Morgan fingerprint density at radius 3 is 1.47 bits per heavy atom. The quantitative estimate of drug-likeness (QED) is 0.285. The molecule has 0 amide bonds. The van der Waals surface area contributed by atoms with E-state index in [4.69, 9.17) is 4.98 Å². The van der Waals surface area contributed by atoms with E-state index in [9.17, 15) is 0 Å². The van der Waals surface area contributed by atoms with Gasteiger partial charge in [0.25, 0.3) is 0 Å². The van der Waals surface area contributed by atoms with Crippen molar-refractivity contribution in [3.63, 3.8) is 0 Å². The van der Waals surface area contributed by atoms with Gasteiger partial charge in [-0.2, -0.15) is 0 Å². The van der Waals surface area contributed by atoms with Crippen molar-refractivity contribution >= 4 is 10.8 Å². The summed E-state index contributed by atoms with van der Waals surface area (Å²) in [7, 11) is 0. The fourth-order valence-corrected chi connectivity index (χ4v) is 4.20. The van der Waals surface area contributed by atoms with Gasteiger partial charge in [0.2, 0.25) is 0 Å². The Labute approximate surface area is 198 Å². The van der Waals surface area contributed by atoms with Crippen LogP contribution in [0.2, 0.25) is 0 Å². The number of benzene rings is 5. The molecule has 34 heavy (non-hydrogen) atoms. The van der Waals surface area contributed by atoms with Crippen molar-refractivity contribution in [2.45, 2.75) is 0 Å². The molecule has 160 valence electrons. The minimum absolute atomic E-state index is 0.669. The van der Waals surface area contributed by atoms with Crippen LogP contribution in [-0.4, -0.2) is 15.0 Å². The first-order valence-corrected chi connectivity index (χ1v) is 11.3. The molecule has 0 unspecified atom stereocenters. The highest BCUT2D eigenvalue weighted by Crippen LogP contribution is 2.27. The van der Waals surface area contributed by atoms with Gasteiger partial charge in [-0.3, -0.25) is 0 Å². The smallest absolute Gasteiger partial charge is 0.163 e. The molecule has 5 aromatic carbocycles. The van der Waals surface area contributed by atoms with Crippen LogP contribution in [0.1, 0.15) is 0 Å². The Hall–Kier alpha value is -4.63. The third kappa shape index (κ3) is 3.96. The van der Waals surface area contributed by atoms with Crippen molar-refractivity contribution in [1.29, 1.82) is 0 Å². The zero-order chi connectivity index (χ0) is 22.7. The normalized spacial score (nSPS) is 10.9. The van der Waals surface area contributed by atoms with E-state index in [2.05, 4.69) is 113 Å². The highest BCUT2D eigenvalue weighted by Gasteiger charge is 2.08. The van der Waals surface area contributed by atoms with Crippen LogP contribution in [0.5, 0.6) is 0 Å². The maximum Gasteiger partial charge on any atom is 0.163 e. The zero-order valence-electron chi connectivity index (χ0n) is 18.5. The van der Waals surface area contributed by atoms with Crippen LogP contribution >= 0.6 is 0 Å². The Morgan fingerprint density at radius 2 is 0.824 bits per heavy atom. The van der Waals surface area contributed by atoms with Gasteiger partial charge in [0.1, 0.15) is 6.33 Å². The van der Waals surface area contributed by atoms with Crippen molar-refractivity contribution in [1.82, 2.24) is 15.0 Å². The monoisotopic (exact) mass is 435 g/mol. The van der Waals surface area contributed by atoms with Gasteiger partial charge in [0.15, 0.2) is 11.6 Å². The fraction of sp³-hybridized carbons (Fsp3) is 0. The van der Waals surface area contributed by atoms with E-state index in [1.807, 2.05) is 18.2 Å². The fourth-order valence-electron chi connectivity index (χ4n) is 4.20. The van der Waals surface area contributed by atoms with Crippen molar-refractivity contribution in [3.8, 4) is 45.0 Å². The summed E-state index contributed by atoms with van der Waals surface area (Å²) in [4.78, 5) is 13.6. The van der Waals surface area contributed by atoms with Gasteiger partial charge in [-0.05, 0) is 39.1 Å². The van der Waals surface area contributed by atoms with Crippen LogP contribution in [0, 0.1) is 0 Å². The van der Waals surface area contributed by atoms with Crippen LogP contribution in [0.3, 0.4) is 0 Å². The molecule has 0 saturated carbocycles. The molecule has 0 fully saturated rings. The minimum atomic E-state index is 0.669. The predicted molar refractivity (Wildman–Crippen MR) is 139 cm³/mol. The second kappa shape index (κ2) is 8.72. The molecule has 6 rings (SSSR count). The van der Waals surface area contributed by atoms with Crippen molar-refractivity contribution in [2.24, 2.45) is 0 Å². The van der Waals surface area contributed by atoms with Gasteiger partial charge >= 0.3 is 0 Å². The van der Waals surface area contributed by atoms with Crippen LogP contribution < -0.4 is 0 Å². The Bertz CT molecular complexity index is 1570. The molecule has 0 bridgehead atoms. The number of nitrogens with zero attached hydrogens (tertiary/aromatic N) is 3. The Morgan fingerprint density at radius 1 is 0.353 bits per heavy atom. The van der Waals surface area contributed by atoms with Crippen molar-refractivity contribution in [3.05, 3.63) is 128 Å². The predicted octanol–water partition coefficient (Wildman–Crippen LogP) is 7.69. The zero-order valence-corrected chi connectivity index (χ0v) is 18.5. The van der Waals surface area contributed by atoms with E-state index in [0.717, 1.165) is 11.1 Å². The molecule has 1 aromatic heterocycles. The third-order valence-corrected chi connectivity index (χ3v) is 6.05. The first-order valence-electron chi connectivity index (χ1n) is 11.3. The standard InChI is InChI=1S/C31H21N3/c1-2-6-22(7-3-1)24-10-15-26(16-11-24)30-32-21-33-31(34-30)27-17-12-25(13-18-27)29-19-14-23-8-4-5-9-28(23)20-29/h1-21H. The number of hydrogen-bond donors (Lipinski definition) is 0. The summed E-state index contributed by atoms with van der Waals surface area (Å²) >= 11 is 0. The van der Waals surface area contributed by atoms with Gasteiger partial charge in [-0.1, -0.05) is 115 Å². The van der Waals surface area contributed by atoms with Gasteiger partial charge in [0, 0.05) is 11.1 Å². The lowest BCUT2D eigenvalue weighted by Crippen LogP contribution is -1.95. The molecular weight excluding hydrogens is 414 g/mol. The molecule has 0 radical (unpaired) electrons. The average molecular weight is 436 g/mol. The average Bonchev–Trinajstić information content (AvgIpc) is 2.93. The first-order chi connectivity index (χ1) is 16.8. The van der Waals surface area contributed by atoms with Crippen LogP contribution in [0.25, 0.3) is 55.8 Å². The lowest BCUT2D eigenvalue weighted by molar-refractivity contribution is 1.07. The van der Waals surface area contributed by atoms with Crippen molar-refractivity contribution in [2.75, 3.05) is 0 Å². The molecule has 0 aliphatic heterocycles. The second-order valence-corrected chi connectivity index (χ2v) is 8.22. The number of aromatic nitrogens is 3. The molecule has 3 nitrogen and oxygen atoms in total. The van der Waals surface area contributed by atoms with Gasteiger partial charge in [-0.25, -0.2) is 15.0 Å². The van der Waals surface area contributed by atoms with Crippen LogP contribution in [-0.2, 0) is 0 Å². The lowest BCUT2D eigenvalue weighted by Gasteiger charge is -2.07. The lowest BCUT2D eigenvalue weighted by atomic mass is 10.0. The molecule has 0 aliphatic rings. The third-order valence-electron chi connectivity index (χ3n) is 6.05. The summed E-state index contributed by atoms with van der Waals surface area (Å²) in [5.74, 6) is 1.34. The Kier molecular flexibility index (Phi) is 5.13. The van der Waals surface area contributed by atoms with Gasteiger partial charge in [0.05, 0.1) is 0 Å². The molecule has 1 heterocycles. The summed E-state index contributed by atoms with van der Waals surface area (Å²) in [5.41, 5.74) is 6.66. The molecular formula is C31H21N3. The highest BCUT2D eigenvalue weighted by atomic mass is 15.0. The maximum atomic E-state index is 4.74. The topological polar surface area (TPSA) is 38.7 Å². The molecule has 6 aromatic rings. The summed E-state index contributed by atoms with van der Waals surface area (Å²) in [6, 6.07) is 42.0. The van der Waals surface area contributed by atoms with E-state index < -0.39 is 0 Å². The van der Waals surface area contributed by atoms with Crippen molar-refractivity contribution < 1.29 is 0 Å². The maximum absolute atomic E-state index is 4.74. The summed E-state index contributed by atoms with van der Waals surface area (Å²) in [5, 5.41) is 2.49. The Balaban J connectivity index is 1.27. The summed E-state index contributed by atoms with van der Waals surface area (Å²) in [6.07, 6.45) is 1.58. The number of fused-ring (bicyclic) bond motifs is 1. The van der Waals surface area contributed by atoms with E-state index in [-0.39, 0.29) is 0 Å². The molecule has 0 saturated heterocycles. The molecule has 3 heteroatoms. The molecule has 0 N–H and O–H groups in total. The van der Waals surface area contributed by atoms with Gasteiger partial charge in [-0.15, -0.1) is 0 Å². The summed E-state index contributed by atoms with van der Waals surface area (Å²) < 4.78 is 0. The minimum Gasteiger partial charge on any atom is -0.217 e. The molecule has 0 aliphatic carbocycles. The number of hydrogen-bond acceptors (Lipinski definition) is 3. The van der Waals surface area contributed by atoms with Crippen LogP contribution in [0.4, 0.5) is 0 Å². The van der Waals surface area contributed by atoms with E-state index in [0.29, 0.717) is 11.6 Å². The van der Waals surface area contributed by atoms with Gasteiger partial charge < -0.3 is 0 Å². The summed E-state index contributed by atoms with van der Waals surface area (Å²) in [6.45, 7) is 0. The first kappa shape index (κ1) is 20.0. The van der Waals surface area contributed by atoms with Crippen LogP contribution in [0.15, 0.2) is 128 Å². The van der Waals surface area contributed by atoms with E-state index in [1.165, 1.54) is 33.0 Å². The van der Waals surface area contributed by atoms with E-state index >= 15 is 0 Å². The molecule has 0 spiro atoms.